The third kappa shape index (κ3) is 4.33. The minimum Gasteiger partial charge on any atom is -0.326 e. The van der Waals surface area contributed by atoms with E-state index in [2.05, 4.69) is 20.7 Å². The number of hydrogen-bond acceptors (Lipinski definition) is 3. The van der Waals surface area contributed by atoms with Crippen molar-refractivity contribution >= 4 is 31.6 Å². The molecular formula is C14H15BrN2O2S. The summed E-state index contributed by atoms with van der Waals surface area (Å²) < 4.78 is 27.5. The summed E-state index contributed by atoms with van der Waals surface area (Å²) >= 11 is 3.31. The molecule has 106 valence electrons. The molecule has 0 atom stereocenters. The van der Waals surface area contributed by atoms with E-state index < -0.39 is 10.0 Å². The van der Waals surface area contributed by atoms with Crippen molar-refractivity contribution < 1.29 is 8.42 Å². The highest BCUT2D eigenvalue weighted by molar-refractivity contribution is 9.10. The van der Waals surface area contributed by atoms with Crippen LogP contribution < -0.4 is 10.5 Å². The van der Waals surface area contributed by atoms with Crippen LogP contribution in [0.1, 0.15) is 11.1 Å². The van der Waals surface area contributed by atoms with Gasteiger partial charge in [0.1, 0.15) is 0 Å². The monoisotopic (exact) mass is 354 g/mol. The number of nitrogens with one attached hydrogen (secondary N) is 1. The lowest BCUT2D eigenvalue weighted by Crippen LogP contribution is -2.15. The van der Waals surface area contributed by atoms with E-state index >= 15 is 0 Å². The third-order valence-electron chi connectivity index (χ3n) is 2.71. The third-order valence-corrected chi connectivity index (χ3v) is 4.47. The first-order valence-electron chi connectivity index (χ1n) is 6.02. The molecule has 0 bridgehead atoms. The molecule has 3 N–H and O–H groups in total. The highest BCUT2D eigenvalue weighted by Gasteiger charge is 2.11. The summed E-state index contributed by atoms with van der Waals surface area (Å²) in [7, 11) is -3.43. The van der Waals surface area contributed by atoms with Crippen LogP contribution in [0.15, 0.2) is 53.0 Å². The average Bonchev–Trinajstić information content (AvgIpc) is 2.38. The van der Waals surface area contributed by atoms with Crippen LogP contribution in [0.5, 0.6) is 0 Å². The van der Waals surface area contributed by atoms with Crippen molar-refractivity contribution in [3.05, 3.63) is 64.1 Å². The Kier molecular flexibility index (Phi) is 4.80. The topological polar surface area (TPSA) is 72.2 Å². The summed E-state index contributed by atoms with van der Waals surface area (Å²) in [6.07, 6.45) is 0. The fourth-order valence-electron chi connectivity index (χ4n) is 1.76. The lowest BCUT2D eigenvalue weighted by atomic mass is 10.1. The van der Waals surface area contributed by atoms with Gasteiger partial charge in [-0.25, -0.2) is 8.42 Å². The summed E-state index contributed by atoms with van der Waals surface area (Å²) in [4.78, 5) is 0. The predicted molar refractivity (Wildman–Crippen MR) is 84.7 cm³/mol. The summed E-state index contributed by atoms with van der Waals surface area (Å²) in [5.74, 6) is -0.0651. The molecule has 0 unspecified atom stereocenters. The lowest BCUT2D eigenvalue weighted by Gasteiger charge is -2.09. The Bertz CT molecular complexity index is 685. The maximum absolute atomic E-state index is 12.1. The normalized spacial score (nSPS) is 11.3. The second-order valence-electron chi connectivity index (χ2n) is 4.39. The van der Waals surface area contributed by atoms with Crippen LogP contribution in [0.2, 0.25) is 0 Å². The van der Waals surface area contributed by atoms with Crippen molar-refractivity contribution in [3.8, 4) is 0 Å². The van der Waals surface area contributed by atoms with Crippen LogP contribution in [0, 0.1) is 0 Å². The Labute approximate surface area is 127 Å². The molecule has 0 fully saturated rings. The zero-order valence-corrected chi connectivity index (χ0v) is 13.1. The van der Waals surface area contributed by atoms with Crippen LogP contribution in [0.25, 0.3) is 0 Å². The Balaban J connectivity index is 2.10. The largest absolute Gasteiger partial charge is 0.326 e. The summed E-state index contributed by atoms with van der Waals surface area (Å²) in [5, 5.41) is 0. The molecule has 0 aliphatic rings. The SMILES string of the molecule is NCc1ccc(CS(=O)(=O)Nc2cccc(Br)c2)cc1. The van der Waals surface area contributed by atoms with E-state index in [1.807, 2.05) is 18.2 Å². The molecule has 4 nitrogen and oxygen atoms in total. The van der Waals surface area contributed by atoms with E-state index in [0.717, 1.165) is 15.6 Å². The fraction of sp³-hybridized carbons (Fsp3) is 0.143. The van der Waals surface area contributed by atoms with Crippen LogP contribution in [-0.4, -0.2) is 8.42 Å². The van der Waals surface area contributed by atoms with Gasteiger partial charge in [0.25, 0.3) is 0 Å². The standard InChI is InChI=1S/C14H15BrN2O2S/c15-13-2-1-3-14(8-13)17-20(18,19)10-12-6-4-11(9-16)5-7-12/h1-8,17H,9-10,16H2. The zero-order valence-electron chi connectivity index (χ0n) is 10.7. The molecule has 6 heteroatoms. The van der Waals surface area contributed by atoms with Gasteiger partial charge >= 0.3 is 0 Å². The molecule has 2 aromatic rings. The van der Waals surface area contributed by atoms with Crippen molar-refractivity contribution in [3.63, 3.8) is 0 Å². The van der Waals surface area contributed by atoms with Crippen LogP contribution in [-0.2, 0) is 22.3 Å². The molecule has 0 aliphatic carbocycles. The van der Waals surface area contributed by atoms with Crippen molar-refractivity contribution in [2.24, 2.45) is 5.73 Å². The minimum atomic E-state index is -3.43. The Morgan fingerprint density at radius 3 is 2.30 bits per heavy atom. The van der Waals surface area contributed by atoms with Gasteiger partial charge in [-0.15, -0.1) is 0 Å². The van der Waals surface area contributed by atoms with E-state index in [4.69, 9.17) is 5.73 Å². The van der Waals surface area contributed by atoms with Gasteiger partial charge in [0.05, 0.1) is 5.75 Å². The van der Waals surface area contributed by atoms with Gasteiger partial charge in [-0.3, -0.25) is 4.72 Å². The van der Waals surface area contributed by atoms with Crippen molar-refractivity contribution in [1.29, 1.82) is 0 Å². The van der Waals surface area contributed by atoms with Crippen molar-refractivity contribution in [1.82, 2.24) is 0 Å². The summed E-state index contributed by atoms with van der Waals surface area (Å²) in [6, 6.07) is 14.3. The van der Waals surface area contributed by atoms with Gasteiger partial charge in [-0.05, 0) is 29.3 Å². The van der Waals surface area contributed by atoms with Crippen LogP contribution in [0.3, 0.4) is 0 Å². The molecule has 0 saturated carbocycles. The second-order valence-corrected chi connectivity index (χ2v) is 7.03. The van der Waals surface area contributed by atoms with Crippen LogP contribution in [0.4, 0.5) is 5.69 Å². The van der Waals surface area contributed by atoms with E-state index in [0.29, 0.717) is 12.2 Å². The molecule has 20 heavy (non-hydrogen) atoms. The average molecular weight is 355 g/mol. The predicted octanol–water partition coefficient (Wildman–Crippen LogP) is 2.85. The van der Waals surface area contributed by atoms with Gasteiger partial charge in [-0.2, -0.15) is 0 Å². The smallest absolute Gasteiger partial charge is 0.236 e. The van der Waals surface area contributed by atoms with E-state index in [9.17, 15) is 8.42 Å². The van der Waals surface area contributed by atoms with Gasteiger partial charge in [0, 0.05) is 16.7 Å². The second kappa shape index (κ2) is 6.39. The molecule has 0 radical (unpaired) electrons. The van der Waals surface area contributed by atoms with Gasteiger partial charge in [-0.1, -0.05) is 46.3 Å². The number of halogens is 1. The molecule has 0 heterocycles. The Morgan fingerprint density at radius 2 is 1.70 bits per heavy atom. The van der Waals surface area contributed by atoms with E-state index in [1.54, 1.807) is 30.3 Å². The Hall–Kier alpha value is -1.37. The fourth-order valence-corrected chi connectivity index (χ4v) is 3.35. The maximum atomic E-state index is 12.1. The summed E-state index contributed by atoms with van der Waals surface area (Å²) in [6.45, 7) is 0.448. The first-order valence-corrected chi connectivity index (χ1v) is 8.47. The van der Waals surface area contributed by atoms with E-state index in [1.165, 1.54) is 0 Å². The van der Waals surface area contributed by atoms with Gasteiger partial charge < -0.3 is 5.73 Å². The van der Waals surface area contributed by atoms with Gasteiger partial charge in [0.15, 0.2) is 0 Å². The first kappa shape index (κ1) is 15.0. The number of hydrogen-bond donors (Lipinski definition) is 2. The highest BCUT2D eigenvalue weighted by Crippen LogP contribution is 2.18. The van der Waals surface area contributed by atoms with Gasteiger partial charge in [0.2, 0.25) is 10.0 Å². The van der Waals surface area contributed by atoms with Crippen molar-refractivity contribution in [2.45, 2.75) is 12.3 Å². The molecule has 0 aromatic heterocycles. The molecule has 0 aliphatic heterocycles. The number of nitrogens with two attached hydrogens (primary N) is 1. The highest BCUT2D eigenvalue weighted by atomic mass is 79.9. The maximum Gasteiger partial charge on any atom is 0.236 e. The number of rotatable bonds is 5. The number of sulfonamides is 1. The minimum absolute atomic E-state index is 0.0651. The quantitative estimate of drug-likeness (QED) is 0.866. The number of benzene rings is 2. The molecule has 0 spiro atoms. The first-order chi connectivity index (χ1) is 9.48. The number of anilines is 1. The Morgan fingerprint density at radius 1 is 1.05 bits per heavy atom. The van der Waals surface area contributed by atoms with Crippen molar-refractivity contribution in [2.75, 3.05) is 4.72 Å². The zero-order chi connectivity index (χ0) is 14.6. The molecule has 2 aromatic carbocycles. The molecule has 0 saturated heterocycles. The summed E-state index contributed by atoms with van der Waals surface area (Å²) in [5.41, 5.74) is 7.75. The molecule has 0 amide bonds. The van der Waals surface area contributed by atoms with Crippen LogP contribution >= 0.6 is 15.9 Å². The molecular weight excluding hydrogens is 340 g/mol. The molecule has 2 rings (SSSR count). The van der Waals surface area contributed by atoms with E-state index in [-0.39, 0.29) is 5.75 Å². The lowest BCUT2D eigenvalue weighted by molar-refractivity contribution is 0.600.